The standard InChI is InChI=1S/C15H29N5O/c1-3-16-15(17-9-5-6-14-21-4-2)18-10-7-12-20-13-8-11-19-20/h8,11,13H,3-7,9-10,12,14H2,1-2H3,(H2,16,17,18). The summed E-state index contributed by atoms with van der Waals surface area (Å²) in [6.07, 6.45) is 6.95. The Morgan fingerprint density at radius 2 is 2.14 bits per heavy atom. The van der Waals surface area contributed by atoms with Crippen molar-refractivity contribution in [2.24, 2.45) is 4.99 Å². The van der Waals surface area contributed by atoms with E-state index in [1.807, 2.05) is 23.9 Å². The number of nitrogens with zero attached hydrogens (tertiary/aromatic N) is 3. The first-order chi connectivity index (χ1) is 10.4. The summed E-state index contributed by atoms with van der Waals surface area (Å²) in [5.74, 6) is 0.898. The second kappa shape index (κ2) is 12.2. The molecule has 0 aliphatic carbocycles. The van der Waals surface area contributed by atoms with Gasteiger partial charge in [-0.1, -0.05) is 0 Å². The fraction of sp³-hybridized carbons (Fsp3) is 0.733. The molecule has 0 aliphatic rings. The van der Waals surface area contributed by atoms with Gasteiger partial charge < -0.3 is 15.4 Å². The molecule has 6 heteroatoms. The normalized spacial score (nSPS) is 11.6. The van der Waals surface area contributed by atoms with Gasteiger partial charge >= 0.3 is 0 Å². The molecule has 1 heterocycles. The first-order valence-corrected chi connectivity index (χ1v) is 7.94. The van der Waals surface area contributed by atoms with Crippen LogP contribution in [0.1, 0.15) is 33.1 Å². The molecule has 0 saturated heterocycles. The summed E-state index contributed by atoms with van der Waals surface area (Å²) in [6, 6.07) is 1.94. The average molecular weight is 295 g/mol. The second-order valence-electron chi connectivity index (χ2n) is 4.71. The van der Waals surface area contributed by atoms with E-state index in [4.69, 9.17) is 4.74 Å². The van der Waals surface area contributed by atoms with Crippen LogP contribution in [0, 0.1) is 0 Å². The van der Waals surface area contributed by atoms with E-state index < -0.39 is 0 Å². The van der Waals surface area contributed by atoms with Crippen LogP contribution in [-0.4, -0.2) is 48.6 Å². The van der Waals surface area contributed by atoms with E-state index in [0.29, 0.717) is 0 Å². The van der Waals surface area contributed by atoms with Crippen molar-refractivity contribution in [1.82, 2.24) is 20.4 Å². The number of aliphatic imine (C=N–C) groups is 1. The molecule has 2 N–H and O–H groups in total. The van der Waals surface area contributed by atoms with Crippen LogP contribution in [0.5, 0.6) is 0 Å². The Balaban J connectivity index is 2.13. The van der Waals surface area contributed by atoms with Crippen LogP contribution in [0.25, 0.3) is 0 Å². The summed E-state index contributed by atoms with van der Waals surface area (Å²) in [7, 11) is 0. The van der Waals surface area contributed by atoms with E-state index in [0.717, 1.165) is 64.6 Å². The maximum Gasteiger partial charge on any atom is 0.191 e. The number of ether oxygens (including phenoxy) is 1. The van der Waals surface area contributed by atoms with E-state index in [-0.39, 0.29) is 0 Å². The number of hydrogen-bond donors (Lipinski definition) is 2. The summed E-state index contributed by atoms with van der Waals surface area (Å²) < 4.78 is 7.26. The molecule has 6 nitrogen and oxygen atoms in total. The maximum atomic E-state index is 5.32. The Labute approximate surface area is 128 Å². The smallest absolute Gasteiger partial charge is 0.191 e. The molecule has 0 fully saturated rings. The van der Waals surface area contributed by atoms with Crippen LogP contribution in [0.15, 0.2) is 23.5 Å². The Hall–Kier alpha value is -1.56. The molecule has 0 aromatic carbocycles. The highest BCUT2D eigenvalue weighted by atomic mass is 16.5. The zero-order chi connectivity index (χ0) is 15.2. The minimum absolute atomic E-state index is 0.799. The van der Waals surface area contributed by atoms with Gasteiger partial charge in [-0.2, -0.15) is 5.10 Å². The Morgan fingerprint density at radius 3 is 2.86 bits per heavy atom. The highest BCUT2D eigenvalue weighted by molar-refractivity contribution is 5.79. The maximum absolute atomic E-state index is 5.32. The summed E-state index contributed by atoms with van der Waals surface area (Å²) in [5, 5.41) is 10.8. The third kappa shape index (κ3) is 9.07. The summed E-state index contributed by atoms with van der Waals surface area (Å²) in [6.45, 7) is 9.26. The number of guanidine groups is 1. The minimum atomic E-state index is 0.799. The van der Waals surface area contributed by atoms with Gasteiger partial charge in [0, 0.05) is 51.8 Å². The second-order valence-corrected chi connectivity index (χ2v) is 4.71. The highest BCUT2D eigenvalue weighted by Gasteiger charge is 1.97. The van der Waals surface area contributed by atoms with Crippen LogP contribution >= 0.6 is 0 Å². The van der Waals surface area contributed by atoms with E-state index in [9.17, 15) is 0 Å². The lowest BCUT2D eigenvalue weighted by Crippen LogP contribution is -2.38. The van der Waals surface area contributed by atoms with Crippen LogP contribution in [-0.2, 0) is 11.3 Å². The first kappa shape index (κ1) is 17.5. The molecule has 0 saturated carbocycles. The lowest BCUT2D eigenvalue weighted by atomic mass is 10.3. The number of aryl methyl sites for hydroxylation is 1. The van der Waals surface area contributed by atoms with Crippen LogP contribution in [0.4, 0.5) is 0 Å². The lowest BCUT2D eigenvalue weighted by Gasteiger charge is -2.11. The Kier molecular flexibility index (Phi) is 10.2. The molecular weight excluding hydrogens is 266 g/mol. The van der Waals surface area contributed by atoms with E-state index >= 15 is 0 Å². The highest BCUT2D eigenvalue weighted by Crippen LogP contribution is 1.91. The van der Waals surface area contributed by atoms with Crippen molar-refractivity contribution in [2.75, 3.05) is 32.8 Å². The SMILES string of the molecule is CCNC(=NCCCn1cccn1)NCCCCOCC. The third-order valence-electron chi connectivity index (χ3n) is 2.93. The molecule has 21 heavy (non-hydrogen) atoms. The van der Waals surface area contributed by atoms with Crippen molar-refractivity contribution in [3.63, 3.8) is 0 Å². The van der Waals surface area contributed by atoms with Crippen molar-refractivity contribution < 1.29 is 4.74 Å². The lowest BCUT2D eigenvalue weighted by molar-refractivity contribution is 0.143. The fourth-order valence-corrected chi connectivity index (χ4v) is 1.88. The van der Waals surface area contributed by atoms with Crippen molar-refractivity contribution in [3.05, 3.63) is 18.5 Å². The molecule has 0 bridgehead atoms. The van der Waals surface area contributed by atoms with Gasteiger partial charge in [-0.3, -0.25) is 9.67 Å². The van der Waals surface area contributed by atoms with E-state index in [1.54, 1.807) is 6.20 Å². The van der Waals surface area contributed by atoms with Crippen LogP contribution in [0.3, 0.4) is 0 Å². The third-order valence-corrected chi connectivity index (χ3v) is 2.93. The number of rotatable bonds is 11. The average Bonchev–Trinajstić information content (AvgIpc) is 3.00. The van der Waals surface area contributed by atoms with Crippen molar-refractivity contribution in [1.29, 1.82) is 0 Å². The van der Waals surface area contributed by atoms with Gasteiger partial charge in [0.05, 0.1) is 0 Å². The van der Waals surface area contributed by atoms with Crippen LogP contribution in [0.2, 0.25) is 0 Å². The summed E-state index contributed by atoms with van der Waals surface area (Å²) in [4.78, 5) is 4.57. The monoisotopic (exact) mass is 295 g/mol. The molecule has 1 aromatic rings. The molecule has 0 amide bonds. The molecule has 0 aliphatic heterocycles. The number of hydrogen-bond acceptors (Lipinski definition) is 3. The molecule has 1 aromatic heterocycles. The molecule has 0 unspecified atom stereocenters. The van der Waals surface area contributed by atoms with Crippen molar-refractivity contribution in [2.45, 2.75) is 39.7 Å². The zero-order valence-electron chi connectivity index (χ0n) is 13.3. The number of aromatic nitrogens is 2. The van der Waals surface area contributed by atoms with Gasteiger partial charge in [0.2, 0.25) is 0 Å². The fourth-order valence-electron chi connectivity index (χ4n) is 1.88. The van der Waals surface area contributed by atoms with Gasteiger partial charge in [0.15, 0.2) is 5.96 Å². The van der Waals surface area contributed by atoms with Gasteiger partial charge in [-0.25, -0.2) is 0 Å². The largest absolute Gasteiger partial charge is 0.382 e. The summed E-state index contributed by atoms with van der Waals surface area (Å²) >= 11 is 0. The van der Waals surface area contributed by atoms with Gasteiger partial charge in [0.25, 0.3) is 0 Å². The predicted octanol–water partition coefficient (Wildman–Crippen LogP) is 1.64. The quantitative estimate of drug-likeness (QED) is 0.370. The van der Waals surface area contributed by atoms with E-state index in [1.165, 1.54) is 0 Å². The zero-order valence-corrected chi connectivity index (χ0v) is 13.3. The molecule has 0 atom stereocenters. The molecule has 0 spiro atoms. The Morgan fingerprint density at radius 1 is 1.24 bits per heavy atom. The van der Waals surface area contributed by atoms with Crippen molar-refractivity contribution >= 4 is 5.96 Å². The minimum Gasteiger partial charge on any atom is -0.382 e. The topological polar surface area (TPSA) is 63.5 Å². The molecule has 0 radical (unpaired) electrons. The van der Waals surface area contributed by atoms with Crippen molar-refractivity contribution in [3.8, 4) is 0 Å². The molecular formula is C15H29N5O. The molecule has 1 rings (SSSR count). The predicted molar refractivity (Wildman–Crippen MR) is 86.6 cm³/mol. The van der Waals surface area contributed by atoms with E-state index in [2.05, 4.69) is 27.6 Å². The number of unbranched alkanes of at least 4 members (excludes halogenated alkanes) is 1. The van der Waals surface area contributed by atoms with Crippen LogP contribution < -0.4 is 10.6 Å². The van der Waals surface area contributed by atoms with Gasteiger partial charge in [0.1, 0.15) is 0 Å². The van der Waals surface area contributed by atoms with Gasteiger partial charge in [-0.15, -0.1) is 0 Å². The Bertz CT molecular complexity index is 364. The number of nitrogens with one attached hydrogen (secondary N) is 2. The van der Waals surface area contributed by atoms with Gasteiger partial charge in [-0.05, 0) is 39.2 Å². The molecule has 120 valence electrons. The summed E-state index contributed by atoms with van der Waals surface area (Å²) in [5.41, 5.74) is 0. The first-order valence-electron chi connectivity index (χ1n) is 7.94.